The number of hydrogen-bond acceptors (Lipinski definition) is 5. The van der Waals surface area contributed by atoms with Crippen molar-refractivity contribution >= 4 is 26.0 Å². The Kier molecular flexibility index (Phi) is 5.45. The van der Waals surface area contributed by atoms with Crippen molar-refractivity contribution in [2.45, 2.75) is 30.0 Å². The van der Waals surface area contributed by atoms with Crippen LogP contribution in [0.5, 0.6) is 0 Å². The summed E-state index contributed by atoms with van der Waals surface area (Å²) >= 11 is 3.34. The van der Waals surface area contributed by atoms with Gasteiger partial charge in [-0.25, -0.2) is 8.42 Å². The molecule has 1 atom stereocenters. The molecule has 1 aliphatic heterocycles. The lowest BCUT2D eigenvalue weighted by molar-refractivity contribution is -0.137. The van der Waals surface area contributed by atoms with E-state index in [1.165, 1.54) is 0 Å². The molecule has 1 aliphatic rings. The molecular formula is C19H15BrF3N3O3S. The minimum absolute atomic E-state index is 0.112. The van der Waals surface area contributed by atoms with Crippen LogP contribution in [0.3, 0.4) is 0 Å². The second kappa shape index (κ2) is 7.78. The predicted molar refractivity (Wildman–Crippen MR) is 105 cm³/mol. The number of halogens is 4. The average molecular weight is 502 g/mol. The maximum absolute atomic E-state index is 13.1. The van der Waals surface area contributed by atoms with Crippen molar-refractivity contribution in [2.24, 2.45) is 0 Å². The van der Waals surface area contributed by atoms with Gasteiger partial charge in [0.1, 0.15) is 6.04 Å². The van der Waals surface area contributed by atoms with Crippen molar-refractivity contribution in [3.8, 4) is 11.4 Å². The summed E-state index contributed by atoms with van der Waals surface area (Å²) in [5.41, 5.74) is -0.326. The van der Waals surface area contributed by atoms with Gasteiger partial charge in [-0.3, -0.25) is 0 Å². The molecular weight excluding hydrogens is 487 g/mol. The van der Waals surface area contributed by atoms with Gasteiger partial charge in [-0.05, 0) is 55.3 Å². The van der Waals surface area contributed by atoms with Crippen LogP contribution in [0.4, 0.5) is 13.2 Å². The first-order valence-corrected chi connectivity index (χ1v) is 11.2. The number of hydrogen-bond donors (Lipinski definition) is 0. The molecule has 2 heterocycles. The molecule has 0 radical (unpaired) electrons. The van der Waals surface area contributed by atoms with E-state index in [0.717, 1.165) is 27.0 Å². The number of benzene rings is 2. The Morgan fingerprint density at radius 3 is 2.57 bits per heavy atom. The summed E-state index contributed by atoms with van der Waals surface area (Å²) < 4.78 is 72.5. The van der Waals surface area contributed by atoms with Crippen LogP contribution in [0.1, 0.15) is 30.3 Å². The van der Waals surface area contributed by atoms with E-state index in [4.69, 9.17) is 4.52 Å². The number of nitrogens with zero attached hydrogens (tertiary/aromatic N) is 3. The summed E-state index contributed by atoms with van der Waals surface area (Å²) in [4.78, 5) is 3.91. The van der Waals surface area contributed by atoms with Gasteiger partial charge in [-0.15, -0.1) is 0 Å². The summed E-state index contributed by atoms with van der Waals surface area (Å²) in [5.74, 6) is 0.418. The summed E-state index contributed by atoms with van der Waals surface area (Å²) in [6, 6.07) is 10.2. The van der Waals surface area contributed by atoms with Crippen LogP contribution in [-0.4, -0.2) is 29.4 Å². The van der Waals surface area contributed by atoms with Gasteiger partial charge in [-0.1, -0.05) is 27.2 Å². The first-order chi connectivity index (χ1) is 14.2. The largest absolute Gasteiger partial charge is 0.416 e. The van der Waals surface area contributed by atoms with Crippen LogP contribution in [0.2, 0.25) is 0 Å². The molecule has 0 aliphatic carbocycles. The SMILES string of the molecule is O=S(=O)(c1cccc(C(F)(F)F)c1)N1CCCC1c1nc(-c2ccc(Br)cc2)no1. The van der Waals surface area contributed by atoms with Crippen LogP contribution >= 0.6 is 15.9 Å². The Bertz CT molecular complexity index is 1160. The Labute approximate surface area is 178 Å². The fourth-order valence-electron chi connectivity index (χ4n) is 3.33. The zero-order valence-corrected chi connectivity index (χ0v) is 17.7. The fourth-order valence-corrected chi connectivity index (χ4v) is 5.29. The van der Waals surface area contributed by atoms with Crippen LogP contribution in [0.25, 0.3) is 11.4 Å². The maximum Gasteiger partial charge on any atom is 0.416 e. The fraction of sp³-hybridized carbons (Fsp3) is 0.263. The molecule has 3 aromatic rings. The number of alkyl halides is 3. The van der Waals surface area contributed by atoms with Gasteiger partial charge in [0, 0.05) is 16.6 Å². The third-order valence-electron chi connectivity index (χ3n) is 4.80. The molecule has 0 spiro atoms. The van der Waals surface area contributed by atoms with Crippen molar-refractivity contribution in [3.63, 3.8) is 0 Å². The molecule has 158 valence electrons. The van der Waals surface area contributed by atoms with Crippen LogP contribution in [0.15, 0.2) is 62.4 Å². The highest BCUT2D eigenvalue weighted by molar-refractivity contribution is 9.10. The summed E-state index contributed by atoms with van der Waals surface area (Å²) in [7, 11) is -4.18. The standard InChI is InChI=1S/C19H15BrF3N3O3S/c20-14-8-6-12(7-9-14)17-24-18(29-25-17)16-5-2-10-26(16)30(27,28)15-4-1-3-13(11-15)19(21,22)23/h1,3-4,6-9,11,16H,2,5,10H2. The van der Waals surface area contributed by atoms with E-state index >= 15 is 0 Å². The van der Waals surface area contributed by atoms with Crippen LogP contribution in [0, 0.1) is 0 Å². The van der Waals surface area contributed by atoms with E-state index in [-0.39, 0.29) is 12.4 Å². The first-order valence-electron chi connectivity index (χ1n) is 8.95. The van der Waals surface area contributed by atoms with Crippen molar-refractivity contribution < 1.29 is 26.1 Å². The predicted octanol–water partition coefficient (Wildman–Crippen LogP) is 5.04. The Morgan fingerprint density at radius 1 is 1.13 bits per heavy atom. The quantitative estimate of drug-likeness (QED) is 0.500. The van der Waals surface area contributed by atoms with Gasteiger partial charge in [0.25, 0.3) is 0 Å². The van der Waals surface area contributed by atoms with Gasteiger partial charge in [0.15, 0.2) is 0 Å². The molecule has 1 unspecified atom stereocenters. The highest BCUT2D eigenvalue weighted by Gasteiger charge is 2.40. The molecule has 1 aromatic heterocycles. The molecule has 2 aromatic carbocycles. The second-order valence-corrected chi connectivity index (χ2v) is 9.57. The molecule has 0 bridgehead atoms. The van der Waals surface area contributed by atoms with Gasteiger partial charge >= 0.3 is 6.18 Å². The van der Waals surface area contributed by atoms with Crippen LogP contribution in [-0.2, 0) is 16.2 Å². The van der Waals surface area contributed by atoms with Crippen molar-refractivity contribution in [1.82, 2.24) is 14.4 Å². The molecule has 0 saturated carbocycles. The monoisotopic (exact) mass is 501 g/mol. The molecule has 1 saturated heterocycles. The highest BCUT2D eigenvalue weighted by atomic mass is 79.9. The van der Waals surface area contributed by atoms with E-state index in [1.807, 2.05) is 12.1 Å². The van der Waals surface area contributed by atoms with E-state index in [0.29, 0.717) is 30.3 Å². The summed E-state index contributed by atoms with van der Waals surface area (Å²) in [6.45, 7) is 0.152. The lowest BCUT2D eigenvalue weighted by atomic mass is 10.2. The molecule has 11 heteroatoms. The van der Waals surface area contributed by atoms with E-state index in [1.54, 1.807) is 12.1 Å². The smallest absolute Gasteiger partial charge is 0.337 e. The number of aromatic nitrogens is 2. The lowest BCUT2D eigenvalue weighted by Gasteiger charge is -2.21. The van der Waals surface area contributed by atoms with Crippen molar-refractivity contribution in [3.05, 3.63) is 64.5 Å². The van der Waals surface area contributed by atoms with Gasteiger partial charge in [-0.2, -0.15) is 22.5 Å². The van der Waals surface area contributed by atoms with Crippen molar-refractivity contribution in [1.29, 1.82) is 0 Å². The third-order valence-corrected chi connectivity index (χ3v) is 7.23. The van der Waals surface area contributed by atoms with Gasteiger partial charge in [0.05, 0.1) is 10.5 Å². The Hall–Kier alpha value is -2.24. The highest BCUT2D eigenvalue weighted by Crippen LogP contribution is 2.38. The van der Waals surface area contributed by atoms with E-state index < -0.39 is 32.7 Å². The molecule has 30 heavy (non-hydrogen) atoms. The topological polar surface area (TPSA) is 76.3 Å². The summed E-state index contributed by atoms with van der Waals surface area (Å²) in [6.07, 6.45) is -3.68. The van der Waals surface area contributed by atoms with Crippen LogP contribution < -0.4 is 0 Å². The normalized spacial score (nSPS) is 18.1. The maximum atomic E-state index is 13.1. The summed E-state index contributed by atoms with van der Waals surface area (Å²) in [5, 5.41) is 3.92. The first kappa shape index (κ1) is 21.0. The Morgan fingerprint density at radius 2 is 1.87 bits per heavy atom. The average Bonchev–Trinajstić information content (AvgIpc) is 3.38. The number of sulfonamides is 1. The molecule has 1 fully saturated rings. The van der Waals surface area contributed by atoms with Crippen molar-refractivity contribution in [2.75, 3.05) is 6.54 Å². The molecule has 0 amide bonds. The van der Waals surface area contributed by atoms with E-state index in [9.17, 15) is 21.6 Å². The zero-order valence-electron chi connectivity index (χ0n) is 15.3. The molecule has 4 rings (SSSR count). The van der Waals surface area contributed by atoms with E-state index in [2.05, 4.69) is 26.1 Å². The zero-order chi connectivity index (χ0) is 21.5. The Balaban J connectivity index is 1.65. The number of rotatable bonds is 4. The second-order valence-electron chi connectivity index (χ2n) is 6.76. The lowest BCUT2D eigenvalue weighted by Crippen LogP contribution is -2.31. The van der Waals surface area contributed by atoms with Gasteiger partial charge < -0.3 is 4.52 Å². The molecule has 0 N–H and O–H groups in total. The van der Waals surface area contributed by atoms with Gasteiger partial charge in [0.2, 0.25) is 21.7 Å². The third kappa shape index (κ3) is 4.01. The molecule has 6 nitrogen and oxygen atoms in total. The minimum atomic E-state index is -4.64. The minimum Gasteiger partial charge on any atom is -0.337 e.